The summed E-state index contributed by atoms with van der Waals surface area (Å²) in [4.78, 5) is 16.2. The summed E-state index contributed by atoms with van der Waals surface area (Å²) in [5.74, 6) is 2.02. The summed E-state index contributed by atoms with van der Waals surface area (Å²) in [5.41, 5.74) is 1.08. The number of Topliss-reactive ketones (excluding diaryl/α,β-unsaturated/α-hetero) is 1. The zero-order chi connectivity index (χ0) is 18.3. The monoisotopic (exact) mass is 392 g/mol. The fourth-order valence-corrected chi connectivity index (χ4v) is 3.70. The lowest BCUT2D eigenvalue weighted by atomic mass is 10.2. The second-order valence-corrected chi connectivity index (χ2v) is 7.78. The van der Waals surface area contributed by atoms with Gasteiger partial charge in [0.2, 0.25) is 10.8 Å². The predicted molar refractivity (Wildman–Crippen MR) is 95.7 cm³/mol. The first kappa shape index (κ1) is 17.2. The van der Waals surface area contributed by atoms with Crippen LogP contribution in [0.5, 0.6) is 0 Å². The van der Waals surface area contributed by atoms with Crippen molar-refractivity contribution in [2.45, 2.75) is 37.8 Å². The van der Waals surface area contributed by atoms with Crippen LogP contribution in [0.15, 0.2) is 15.3 Å². The molecule has 0 radical (unpaired) electrons. The van der Waals surface area contributed by atoms with Crippen LogP contribution in [-0.2, 0) is 9.53 Å². The maximum Gasteiger partial charge on any atom is 0.249 e. The summed E-state index contributed by atoms with van der Waals surface area (Å²) in [6.07, 6.45) is -0.258. The van der Waals surface area contributed by atoms with E-state index < -0.39 is 0 Å². The Labute approximate surface area is 156 Å². The Balaban J connectivity index is 1.61. The molecule has 0 amide bonds. The Kier molecular flexibility index (Phi) is 4.54. The molecule has 4 rings (SSSR count). The maximum atomic E-state index is 11.9. The topological polar surface area (TPSA) is 126 Å². The SMILES string of the molecule is Cc1nnc2c(N=Nc3nc(C(C)C)ns3)c(SCC(=O)C3CO3)[nH]n12. The number of fused-ring (bicyclic) bond motifs is 1. The van der Waals surface area contributed by atoms with Crippen molar-refractivity contribution in [1.82, 2.24) is 29.2 Å². The van der Waals surface area contributed by atoms with Crippen LogP contribution in [0.3, 0.4) is 0 Å². The molecule has 0 aliphatic carbocycles. The molecule has 0 saturated carbocycles. The second kappa shape index (κ2) is 6.85. The molecule has 1 unspecified atom stereocenters. The van der Waals surface area contributed by atoms with E-state index >= 15 is 0 Å². The molecule has 1 N–H and O–H groups in total. The number of H-pyrrole nitrogens is 1. The highest BCUT2D eigenvalue weighted by Crippen LogP contribution is 2.34. The van der Waals surface area contributed by atoms with Crippen LogP contribution in [0.4, 0.5) is 10.8 Å². The Bertz CT molecular complexity index is 985. The normalized spacial score (nSPS) is 17.0. The van der Waals surface area contributed by atoms with Gasteiger partial charge in [0.25, 0.3) is 0 Å². The minimum atomic E-state index is -0.258. The van der Waals surface area contributed by atoms with E-state index in [1.165, 1.54) is 23.3 Å². The van der Waals surface area contributed by atoms with Gasteiger partial charge in [0.1, 0.15) is 22.8 Å². The van der Waals surface area contributed by atoms with Gasteiger partial charge in [0, 0.05) is 17.5 Å². The molecule has 136 valence electrons. The number of carbonyl (C=O) groups excluding carboxylic acids is 1. The van der Waals surface area contributed by atoms with Gasteiger partial charge < -0.3 is 4.74 Å². The van der Waals surface area contributed by atoms with Crippen LogP contribution < -0.4 is 0 Å². The van der Waals surface area contributed by atoms with E-state index in [9.17, 15) is 4.79 Å². The minimum absolute atomic E-state index is 0.0608. The number of hydrogen-bond donors (Lipinski definition) is 1. The molecule has 0 aromatic carbocycles. The summed E-state index contributed by atoms with van der Waals surface area (Å²) >= 11 is 2.54. The zero-order valence-electron chi connectivity index (χ0n) is 14.3. The number of aryl methyl sites for hydroxylation is 1. The van der Waals surface area contributed by atoms with Crippen LogP contribution in [0.2, 0.25) is 0 Å². The first-order valence-electron chi connectivity index (χ1n) is 7.99. The number of thioether (sulfide) groups is 1. The van der Waals surface area contributed by atoms with E-state index in [1.807, 2.05) is 20.8 Å². The molecule has 0 bridgehead atoms. The number of ether oxygens (including phenoxy) is 1. The van der Waals surface area contributed by atoms with Crippen LogP contribution >= 0.6 is 23.3 Å². The van der Waals surface area contributed by atoms with Crippen molar-refractivity contribution in [2.75, 3.05) is 12.4 Å². The highest BCUT2D eigenvalue weighted by atomic mass is 32.2. The molecule has 1 atom stereocenters. The van der Waals surface area contributed by atoms with Crippen molar-refractivity contribution in [3.63, 3.8) is 0 Å². The summed E-state index contributed by atoms with van der Waals surface area (Å²) < 4.78 is 11.0. The molecule has 26 heavy (non-hydrogen) atoms. The fourth-order valence-electron chi connectivity index (χ4n) is 2.16. The number of nitrogens with one attached hydrogen (secondary N) is 1. The molecule has 1 saturated heterocycles. The van der Waals surface area contributed by atoms with E-state index in [2.05, 4.69) is 34.9 Å². The molecule has 1 fully saturated rings. The molecule has 3 aromatic heterocycles. The summed E-state index contributed by atoms with van der Waals surface area (Å²) in [5, 5.41) is 21.0. The van der Waals surface area contributed by atoms with Gasteiger partial charge in [0.05, 0.1) is 12.4 Å². The molecule has 10 nitrogen and oxygen atoms in total. The number of rotatable bonds is 7. The van der Waals surface area contributed by atoms with Crippen molar-refractivity contribution < 1.29 is 9.53 Å². The van der Waals surface area contributed by atoms with E-state index in [0.29, 0.717) is 39.7 Å². The largest absolute Gasteiger partial charge is 0.365 e. The summed E-state index contributed by atoms with van der Waals surface area (Å²) in [6, 6.07) is 0. The van der Waals surface area contributed by atoms with Gasteiger partial charge in [0.15, 0.2) is 11.5 Å². The number of aromatic amines is 1. The van der Waals surface area contributed by atoms with Gasteiger partial charge in [-0.3, -0.25) is 9.89 Å². The highest BCUT2D eigenvalue weighted by Gasteiger charge is 2.31. The quantitative estimate of drug-likeness (QED) is 0.372. The van der Waals surface area contributed by atoms with Gasteiger partial charge in [-0.15, -0.1) is 20.4 Å². The Morgan fingerprint density at radius 2 is 2.27 bits per heavy atom. The number of aromatic nitrogens is 6. The molecular formula is C14H16N8O2S2. The Morgan fingerprint density at radius 1 is 1.46 bits per heavy atom. The van der Waals surface area contributed by atoms with E-state index in [0.717, 1.165) is 5.82 Å². The third-order valence-electron chi connectivity index (χ3n) is 3.70. The zero-order valence-corrected chi connectivity index (χ0v) is 16.0. The smallest absolute Gasteiger partial charge is 0.249 e. The van der Waals surface area contributed by atoms with Crippen molar-refractivity contribution in [1.29, 1.82) is 0 Å². The number of hydrogen-bond acceptors (Lipinski definition) is 10. The summed E-state index contributed by atoms with van der Waals surface area (Å²) in [6.45, 7) is 6.38. The molecule has 12 heteroatoms. The molecule has 1 aliphatic heterocycles. The number of azo groups is 1. The Hall–Kier alpha value is -2.18. The van der Waals surface area contributed by atoms with Crippen molar-refractivity contribution in [3.05, 3.63) is 11.6 Å². The molecule has 4 heterocycles. The van der Waals surface area contributed by atoms with Gasteiger partial charge >= 0.3 is 0 Å². The molecule has 3 aromatic rings. The lowest BCUT2D eigenvalue weighted by molar-refractivity contribution is -0.117. The number of epoxide rings is 1. The Morgan fingerprint density at radius 3 is 2.96 bits per heavy atom. The molecule has 0 spiro atoms. The van der Waals surface area contributed by atoms with Crippen molar-refractivity contribution >= 4 is 45.5 Å². The second-order valence-electron chi connectivity index (χ2n) is 6.06. The number of carbonyl (C=O) groups is 1. The highest BCUT2D eigenvalue weighted by molar-refractivity contribution is 8.00. The van der Waals surface area contributed by atoms with Gasteiger partial charge in [-0.2, -0.15) is 9.36 Å². The predicted octanol–water partition coefficient (Wildman–Crippen LogP) is 2.82. The van der Waals surface area contributed by atoms with Crippen LogP contribution in [0.1, 0.15) is 31.4 Å². The molecular weight excluding hydrogens is 376 g/mol. The van der Waals surface area contributed by atoms with Gasteiger partial charge in [-0.05, 0) is 6.92 Å². The standard InChI is InChI=1S/C14H16N8O2S2/c1-6(2)11-15-14(26-21-11)19-17-10-12-18-16-7(3)22(12)20-13(10)25-5-8(23)9-4-24-9/h6,9,20H,4-5H2,1-3H3. The lowest BCUT2D eigenvalue weighted by Crippen LogP contribution is -2.09. The average Bonchev–Trinajstić information content (AvgIpc) is 3.10. The third-order valence-corrected chi connectivity index (χ3v) is 5.32. The van der Waals surface area contributed by atoms with Crippen LogP contribution in [0, 0.1) is 6.92 Å². The van der Waals surface area contributed by atoms with Crippen molar-refractivity contribution in [3.8, 4) is 0 Å². The minimum Gasteiger partial charge on any atom is -0.365 e. The first-order valence-corrected chi connectivity index (χ1v) is 9.75. The van der Waals surface area contributed by atoms with Crippen LogP contribution in [0.25, 0.3) is 5.65 Å². The van der Waals surface area contributed by atoms with E-state index in [4.69, 9.17) is 4.74 Å². The van der Waals surface area contributed by atoms with E-state index in [1.54, 1.807) is 4.52 Å². The summed E-state index contributed by atoms with van der Waals surface area (Å²) in [7, 11) is 0. The average molecular weight is 392 g/mol. The fraction of sp³-hybridized carbons (Fsp3) is 0.500. The van der Waals surface area contributed by atoms with E-state index in [-0.39, 0.29) is 17.8 Å². The lowest BCUT2D eigenvalue weighted by Gasteiger charge is -1.97. The first-order chi connectivity index (χ1) is 12.5. The van der Waals surface area contributed by atoms with Gasteiger partial charge in [-0.1, -0.05) is 25.6 Å². The number of nitrogens with zero attached hydrogens (tertiary/aromatic N) is 7. The van der Waals surface area contributed by atoms with Crippen LogP contribution in [-0.4, -0.2) is 53.4 Å². The molecule has 1 aliphatic rings. The third kappa shape index (κ3) is 3.39. The maximum absolute atomic E-state index is 11.9. The van der Waals surface area contributed by atoms with Gasteiger partial charge in [-0.25, -0.2) is 4.52 Å². The van der Waals surface area contributed by atoms with Crippen molar-refractivity contribution in [2.24, 2.45) is 10.2 Å². The number of ketones is 1.